The van der Waals surface area contributed by atoms with E-state index < -0.39 is 29.6 Å². The second-order valence-corrected chi connectivity index (χ2v) is 10.9. The van der Waals surface area contributed by atoms with E-state index in [-0.39, 0.29) is 17.8 Å². The number of benzene rings is 3. The Kier molecular flexibility index (Phi) is 8.64. The molecule has 0 aliphatic carbocycles. The van der Waals surface area contributed by atoms with Crippen LogP contribution in [0.2, 0.25) is 0 Å². The maximum absolute atomic E-state index is 13.3. The van der Waals surface area contributed by atoms with Crippen molar-refractivity contribution in [1.29, 1.82) is 5.26 Å². The van der Waals surface area contributed by atoms with E-state index in [0.717, 1.165) is 27.8 Å². The number of hydrogen-bond acceptors (Lipinski definition) is 9. The number of aryl methyl sites for hydroxylation is 1. The maximum atomic E-state index is 13.3. The zero-order chi connectivity index (χ0) is 30.5. The zero-order valence-corrected chi connectivity index (χ0v) is 24.1. The van der Waals surface area contributed by atoms with Crippen LogP contribution in [0.25, 0.3) is 11.3 Å². The van der Waals surface area contributed by atoms with Gasteiger partial charge in [0.25, 0.3) is 0 Å². The fraction of sp³-hybridized carbons (Fsp3) is 0.152. The lowest BCUT2D eigenvalue weighted by atomic mass is 10.1. The van der Waals surface area contributed by atoms with Gasteiger partial charge in [-0.1, -0.05) is 53.7 Å². The third-order valence-corrected chi connectivity index (χ3v) is 7.96. The van der Waals surface area contributed by atoms with Crippen molar-refractivity contribution >= 4 is 41.0 Å². The van der Waals surface area contributed by atoms with Crippen LogP contribution in [0.4, 0.5) is 5.69 Å². The monoisotopic (exact) mass is 591 g/mol. The van der Waals surface area contributed by atoms with Crippen molar-refractivity contribution in [2.24, 2.45) is 0 Å². The molecule has 43 heavy (non-hydrogen) atoms. The second kappa shape index (κ2) is 12.7. The number of carbonyl (C=O) groups excluding carboxylic acids is 4. The number of aromatic nitrogens is 1. The number of imide groups is 1. The highest BCUT2D eigenvalue weighted by molar-refractivity contribution is 8.00. The molecule has 1 unspecified atom stereocenters. The molecule has 1 fully saturated rings. The molecule has 1 atom stereocenters. The number of ketones is 1. The van der Waals surface area contributed by atoms with Crippen molar-refractivity contribution in [2.75, 3.05) is 18.6 Å². The Morgan fingerprint density at radius 3 is 2.42 bits per heavy atom. The topological polar surface area (TPSA) is 127 Å². The molecule has 0 spiro atoms. The standard InChI is InChI=1S/C33H25N3O6S/c1-20-6-8-21(9-7-20)28(37)19-42-33(40)22-10-13-25(14-11-22)36-30(38)17-29(32(36)39)43-31-24(18-34)12-15-27(35-31)23-4-3-5-26(16-23)41-2/h3-16,29H,17,19H2,1-2H3. The molecule has 1 saturated heterocycles. The molecule has 0 bridgehead atoms. The van der Waals surface area contributed by atoms with Crippen LogP contribution in [0.5, 0.6) is 5.75 Å². The first-order valence-electron chi connectivity index (χ1n) is 13.2. The number of thioether (sulfide) groups is 1. The van der Waals surface area contributed by atoms with Gasteiger partial charge in [0.2, 0.25) is 11.8 Å². The molecule has 9 nitrogen and oxygen atoms in total. The summed E-state index contributed by atoms with van der Waals surface area (Å²) in [5, 5.41) is 9.20. The minimum Gasteiger partial charge on any atom is -0.497 e. The van der Waals surface area contributed by atoms with E-state index in [1.165, 1.54) is 24.3 Å². The predicted octanol–water partition coefficient (Wildman–Crippen LogP) is 5.40. The lowest BCUT2D eigenvalue weighted by Gasteiger charge is -2.15. The Balaban J connectivity index is 1.26. The molecule has 5 rings (SSSR count). The molecule has 0 radical (unpaired) electrons. The van der Waals surface area contributed by atoms with Gasteiger partial charge in [0.05, 0.1) is 34.9 Å². The van der Waals surface area contributed by atoms with Crippen molar-refractivity contribution in [3.8, 4) is 23.1 Å². The van der Waals surface area contributed by atoms with Gasteiger partial charge >= 0.3 is 5.97 Å². The number of ether oxygens (including phenoxy) is 2. The number of esters is 1. The summed E-state index contributed by atoms with van der Waals surface area (Å²) in [6.07, 6.45) is -0.0790. The van der Waals surface area contributed by atoms with Crippen molar-refractivity contribution in [1.82, 2.24) is 4.98 Å². The van der Waals surface area contributed by atoms with Crippen LogP contribution in [0.3, 0.4) is 0 Å². The van der Waals surface area contributed by atoms with Gasteiger partial charge in [-0.05, 0) is 55.5 Å². The third kappa shape index (κ3) is 6.47. The van der Waals surface area contributed by atoms with Gasteiger partial charge in [-0.15, -0.1) is 0 Å². The van der Waals surface area contributed by atoms with E-state index in [4.69, 9.17) is 9.47 Å². The van der Waals surface area contributed by atoms with Crippen LogP contribution in [-0.4, -0.2) is 47.5 Å². The summed E-state index contributed by atoms with van der Waals surface area (Å²) in [5.74, 6) is -1.24. The largest absolute Gasteiger partial charge is 0.497 e. The Morgan fingerprint density at radius 2 is 1.72 bits per heavy atom. The highest BCUT2D eigenvalue weighted by Gasteiger charge is 2.41. The normalized spacial score (nSPS) is 14.3. The number of nitrogens with zero attached hydrogens (tertiary/aromatic N) is 3. The van der Waals surface area contributed by atoms with Crippen LogP contribution in [0, 0.1) is 18.3 Å². The average Bonchev–Trinajstić information content (AvgIpc) is 3.31. The summed E-state index contributed by atoms with van der Waals surface area (Å²) in [6.45, 7) is 1.49. The highest BCUT2D eigenvalue weighted by atomic mass is 32.2. The van der Waals surface area contributed by atoms with Crippen LogP contribution in [0.15, 0.2) is 90.0 Å². The molecule has 10 heteroatoms. The van der Waals surface area contributed by atoms with E-state index in [1.807, 2.05) is 31.2 Å². The Labute approximate surface area is 252 Å². The lowest BCUT2D eigenvalue weighted by molar-refractivity contribution is -0.121. The molecule has 4 aromatic rings. The first kappa shape index (κ1) is 29.2. The van der Waals surface area contributed by atoms with Crippen molar-refractivity contribution in [3.63, 3.8) is 0 Å². The van der Waals surface area contributed by atoms with E-state index in [1.54, 1.807) is 43.5 Å². The summed E-state index contributed by atoms with van der Waals surface area (Å²) in [7, 11) is 1.57. The minimum absolute atomic E-state index is 0.0790. The molecule has 0 N–H and O–H groups in total. The number of amides is 2. The van der Waals surface area contributed by atoms with Crippen LogP contribution >= 0.6 is 11.8 Å². The van der Waals surface area contributed by atoms with Gasteiger partial charge in [0, 0.05) is 17.5 Å². The maximum Gasteiger partial charge on any atom is 0.338 e. The third-order valence-electron chi connectivity index (χ3n) is 6.77. The molecule has 0 saturated carbocycles. The van der Waals surface area contributed by atoms with Gasteiger partial charge in [-0.25, -0.2) is 14.7 Å². The number of nitriles is 1. The van der Waals surface area contributed by atoms with Gasteiger partial charge < -0.3 is 9.47 Å². The van der Waals surface area contributed by atoms with Gasteiger partial charge in [0.1, 0.15) is 16.8 Å². The van der Waals surface area contributed by atoms with E-state index in [0.29, 0.717) is 33.3 Å². The highest BCUT2D eigenvalue weighted by Crippen LogP contribution is 2.36. The zero-order valence-electron chi connectivity index (χ0n) is 23.3. The van der Waals surface area contributed by atoms with Crippen molar-refractivity contribution in [3.05, 3.63) is 107 Å². The van der Waals surface area contributed by atoms with E-state index in [9.17, 15) is 24.4 Å². The van der Waals surface area contributed by atoms with Crippen LogP contribution in [0.1, 0.15) is 38.3 Å². The average molecular weight is 592 g/mol. The predicted molar refractivity (Wildman–Crippen MR) is 160 cm³/mol. The van der Waals surface area contributed by atoms with Crippen LogP contribution < -0.4 is 9.64 Å². The molecular weight excluding hydrogens is 566 g/mol. The summed E-state index contributed by atoms with van der Waals surface area (Å²) in [4.78, 5) is 56.8. The number of pyridine rings is 1. The first-order chi connectivity index (χ1) is 20.8. The van der Waals surface area contributed by atoms with E-state index in [2.05, 4.69) is 11.1 Å². The SMILES string of the molecule is COc1cccc(-c2ccc(C#N)c(SC3CC(=O)N(c4ccc(C(=O)OCC(=O)c5ccc(C)cc5)cc4)C3=O)n2)c1. The Bertz CT molecular complexity index is 1760. The number of anilines is 1. The molecule has 1 aliphatic heterocycles. The molecule has 214 valence electrons. The lowest BCUT2D eigenvalue weighted by Crippen LogP contribution is -2.31. The number of methoxy groups -OCH3 is 1. The molecule has 1 aliphatic rings. The van der Waals surface area contributed by atoms with Crippen molar-refractivity contribution in [2.45, 2.75) is 23.6 Å². The number of rotatable bonds is 9. The Morgan fingerprint density at radius 1 is 1.00 bits per heavy atom. The Hall–Kier alpha value is -5.27. The smallest absolute Gasteiger partial charge is 0.338 e. The summed E-state index contributed by atoms with van der Waals surface area (Å²) >= 11 is 1.06. The summed E-state index contributed by atoms with van der Waals surface area (Å²) in [5.41, 5.74) is 3.58. The summed E-state index contributed by atoms with van der Waals surface area (Å²) < 4.78 is 10.5. The van der Waals surface area contributed by atoms with E-state index >= 15 is 0 Å². The van der Waals surface area contributed by atoms with Crippen LogP contribution in [-0.2, 0) is 14.3 Å². The second-order valence-electron chi connectivity index (χ2n) is 9.68. The van der Waals surface area contributed by atoms with Crippen molar-refractivity contribution < 1.29 is 28.7 Å². The fourth-order valence-corrected chi connectivity index (χ4v) is 5.54. The fourth-order valence-electron chi connectivity index (χ4n) is 4.44. The van der Waals surface area contributed by atoms with Gasteiger partial charge in [-0.2, -0.15) is 5.26 Å². The number of hydrogen-bond donors (Lipinski definition) is 0. The first-order valence-corrected chi connectivity index (χ1v) is 14.1. The molecule has 2 amide bonds. The molecular formula is C33H25N3O6S. The number of Topliss-reactive ketones (excluding diaryl/α,β-unsaturated/α-hetero) is 1. The quantitative estimate of drug-likeness (QED) is 0.143. The van der Waals surface area contributed by atoms with Gasteiger partial charge in [-0.3, -0.25) is 14.4 Å². The molecule has 3 aromatic carbocycles. The minimum atomic E-state index is -0.787. The number of carbonyl (C=O) groups is 4. The molecule has 1 aromatic heterocycles. The molecule has 2 heterocycles. The summed E-state index contributed by atoms with van der Waals surface area (Å²) in [6, 6.07) is 25.5. The van der Waals surface area contributed by atoms with Gasteiger partial charge in [0.15, 0.2) is 12.4 Å².